The van der Waals surface area contributed by atoms with Crippen LogP contribution in [0.2, 0.25) is 0 Å². The number of pyridine rings is 1. The predicted molar refractivity (Wildman–Crippen MR) is 71.5 cm³/mol. The minimum atomic E-state index is 0.573. The highest BCUT2D eigenvalue weighted by atomic mass is 16.5. The van der Waals surface area contributed by atoms with Crippen LogP contribution in [0.25, 0.3) is 0 Å². The summed E-state index contributed by atoms with van der Waals surface area (Å²) < 4.78 is 5.41. The van der Waals surface area contributed by atoms with E-state index in [0.29, 0.717) is 6.04 Å². The summed E-state index contributed by atoms with van der Waals surface area (Å²) in [6, 6.07) is 0.573. The molecule has 1 N–H and O–H groups in total. The van der Waals surface area contributed by atoms with E-state index in [2.05, 4.69) is 31.1 Å². The molecule has 0 radical (unpaired) electrons. The lowest BCUT2D eigenvalue weighted by Gasteiger charge is -2.17. The van der Waals surface area contributed by atoms with Crippen molar-refractivity contribution in [2.24, 2.45) is 0 Å². The van der Waals surface area contributed by atoms with Gasteiger partial charge < -0.3 is 10.1 Å². The van der Waals surface area contributed by atoms with E-state index in [-0.39, 0.29) is 0 Å². The van der Waals surface area contributed by atoms with Gasteiger partial charge in [0.1, 0.15) is 5.75 Å². The van der Waals surface area contributed by atoms with E-state index in [1.54, 1.807) is 7.11 Å². The van der Waals surface area contributed by atoms with Gasteiger partial charge in [0.05, 0.1) is 12.8 Å². The summed E-state index contributed by atoms with van der Waals surface area (Å²) in [5, 5.41) is 3.53. The molecule has 0 fully saturated rings. The van der Waals surface area contributed by atoms with Crippen molar-refractivity contribution in [1.82, 2.24) is 10.3 Å². The van der Waals surface area contributed by atoms with Gasteiger partial charge in [-0.3, -0.25) is 4.98 Å². The van der Waals surface area contributed by atoms with Crippen molar-refractivity contribution < 1.29 is 4.74 Å². The van der Waals surface area contributed by atoms with Crippen LogP contribution >= 0.6 is 0 Å². The fraction of sp³-hybridized carbons (Fsp3) is 0.643. The number of ether oxygens (including phenoxy) is 1. The smallest absolute Gasteiger partial charge is 0.128 e. The van der Waals surface area contributed by atoms with Crippen LogP contribution in [0.5, 0.6) is 5.75 Å². The first-order chi connectivity index (χ1) is 8.13. The molecule has 1 aromatic heterocycles. The topological polar surface area (TPSA) is 34.2 Å². The summed E-state index contributed by atoms with van der Waals surface area (Å²) in [5.41, 5.74) is 3.32. The van der Waals surface area contributed by atoms with Crippen LogP contribution in [0.15, 0.2) is 6.20 Å². The zero-order chi connectivity index (χ0) is 12.8. The standard InChI is InChI=1S/C14H24N2O/c1-6-12(7-2)15-9-13-11(4)14(17-5)10(3)8-16-13/h8,12,15H,6-7,9H2,1-5H3. The molecule has 0 unspecified atom stereocenters. The molecule has 17 heavy (non-hydrogen) atoms. The molecule has 1 aromatic rings. The molecule has 0 spiro atoms. The Morgan fingerprint density at radius 2 is 1.94 bits per heavy atom. The van der Waals surface area contributed by atoms with E-state index in [1.165, 1.54) is 0 Å². The molecule has 0 aromatic carbocycles. The molecule has 0 aliphatic carbocycles. The zero-order valence-electron chi connectivity index (χ0n) is 11.6. The van der Waals surface area contributed by atoms with E-state index in [1.807, 2.05) is 13.1 Å². The first-order valence-corrected chi connectivity index (χ1v) is 6.36. The molecule has 1 heterocycles. The van der Waals surface area contributed by atoms with Gasteiger partial charge in [-0.05, 0) is 26.7 Å². The lowest BCUT2D eigenvalue weighted by Crippen LogP contribution is -2.27. The lowest BCUT2D eigenvalue weighted by molar-refractivity contribution is 0.405. The van der Waals surface area contributed by atoms with Gasteiger partial charge in [0, 0.05) is 29.9 Å². The van der Waals surface area contributed by atoms with E-state index in [9.17, 15) is 0 Å². The predicted octanol–water partition coefficient (Wildman–Crippen LogP) is 2.99. The molecule has 0 aliphatic heterocycles. The molecule has 0 aliphatic rings. The average molecular weight is 236 g/mol. The fourth-order valence-corrected chi connectivity index (χ4v) is 2.07. The Kier molecular flexibility index (Phi) is 5.42. The van der Waals surface area contributed by atoms with Crippen molar-refractivity contribution in [3.05, 3.63) is 23.0 Å². The van der Waals surface area contributed by atoms with Gasteiger partial charge in [0.15, 0.2) is 0 Å². The van der Waals surface area contributed by atoms with E-state index in [0.717, 1.165) is 42.0 Å². The number of nitrogens with one attached hydrogen (secondary N) is 1. The van der Waals surface area contributed by atoms with Gasteiger partial charge in [0.2, 0.25) is 0 Å². The minimum Gasteiger partial charge on any atom is -0.496 e. The number of aryl methyl sites for hydroxylation is 1. The molecule has 0 bridgehead atoms. The summed E-state index contributed by atoms with van der Waals surface area (Å²) in [6.07, 6.45) is 4.19. The second kappa shape index (κ2) is 6.60. The Labute approximate surface area is 105 Å². The Balaban J connectivity index is 2.78. The normalized spacial score (nSPS) is 10.9. The molecule has 3 nitrogen and oxygen atoms in total. The van der Waals surface area contributed by atoms with Gasteiger partial charge in [-0.2, -0.15) is 0 Å². The van der Waals surface area contributed by atoms with Crippen molar-refractivity contribution in [3.8, 4) is 5.75 Å². The van der Waals surface area contributed by atoms with E-state index in [4.69, 9.17) is 4.74 Å². The summed E-state index contributed by atoms with van der Waals surface area (Å²) in [4.78, 5) is 4.48. The monoisotopic (exact) mass is 236 g/mol. The number of methoxy groups -OCH3 is 1. The van der Waals surface area contributed by atoms with Crippen molar-refractivity contribution in [2.45, 2.75) is 53.1 Å². The molecule has 0 saturated carbocycles. The Morgan fingerprint density at radius 3 is 2.47 bits per heavy atom. The minimum absolute atomic E-state index is 0.573. The second-order valence-electron chi connectivity index (χ2n) is 4.44. The van der Waals surface area contributed by atoms with Crippen LogP contribution < -0.4 is 10.1 Å². The van der Waals surface area contributed by atoms with Gasteiger partial charge in [-0.15, -0.1) is 0 Å². The number of hydrogen-bond donors (Lipinski definition) is 1. The number of nitrogens with zero attached hydrogens (tertiary/aromatic N) is 1. The van der Waals surface area contributed by atoms with Gasteiger partial charge in [-0.1, -0.05) is 13.8 Å². The summed E-state index contributed by atoms with van der Waals surface area (Å²) in [6.45, 7) is 9.32. The zero-order valence-corrected chi connectivity index (χ0v) is 11.6. The first kappa shape index (κ1) is 14.0. The van der Waals surface area contributed by atoms with Gasteiger partial charge in [-0.25, -0.2) is 0 Å². The maximum Gasteiger partial charge on any atom is 0.128 e. The van der Waals surface area contributed by atoms with Crippen molar-refractivity contribution in [1.29, 1.82) is 0 Å². The highest BCUT2D eigenvalue weighted by molar-refractivity contribution is 5.40. The first-order valence-electron chi connectivity index (χ1n) is 6.36. The highest BCUT2D eigenvalue weighted by Gasteiger charge is 2.10. The molecule has 0 saturated heterocycles. The lowest BCUT2D eigenvalue weighted by atomic mass is 10.1. The van der Waals surface area contributed by atoms with Crippen LogP contribution in [0.1, 0.15) is 43.5 Å². The van der Waals surface area contributed by atoms with Crippen LogP contribution in [0.3, 0.4) is 0 Å². The molecular weight excluding hydrogens is 212 g/mol. The highest BCUT2D eigenvalue weighted by Crippen LogP contribution is 2.23. The van der Waals surface area contributed by atoms with E-state index >= 15 is 0 Å². The van der Waals surface area contributed by atoms with Crippen LogP contribution in [0.4, 0.5) is 0 Å². The molecule has 3 heteroatoms. The van der Waals surface area contributed by atoms with Crippen molar-refractivity contribution >= 4 is 0 Å². The van der Waals surface area contributed by atoms with Gasteiger partial charge >= 0.3 is 0 Å². The summed E-state index contributed by atoms with van der Waals surface area (Å²) in [5.74, 6) is 0.960. The molecule has 0 atom stereocenters. The number of rotatable bonds is 6. The Hall–Kier alpha value is -1.09. The average Bonchev–Trinajstić information content (AvgIpc) is 2.33. The maximum atomic E-state index is 5.41. The third-order valence-electron chi connectivity index (χ3n) is 3.29. The number of aromatic nitrogens is 1. The largest absolute Gasteiger partial charge is 0.496 e. The third-order valence-corrected chi connectivity index (χ3v) is 3.29. The quantitative estimate of drug-likeness (QED) is 0.824. The maximum absolute atomic E-state index is 5.41. The molecular formula is C14H24N2O. The second-order valence-corrected chi connectivity index (χ2v) is 4.44. The van der Waals surface area contributed by atoms with Crippen LogP contribution in [-0.2, 0) is 6.54 Å². The van der Waals surface area contributed by atoms with E-state index < -0.39 is 0 Å². The van der Waals surface area contributed by atoms with Crippen molar-refractivity contribution in [2.75, 3.05) is 7.11 Å². The molecule has 0 amide bonds. The Bertz CT molecular complexity index is 359. The Morgan fingerprint density at radius 1 is 1.29 bits per heavy atom. The van der Waals surface area contributed by atoms with Gasteiger partial charge in [0.25, 0.3) is 0 Å². The third kappa shape index (κ3) is 3.43. The summed E-state index contributed by atoms with van der Waals surface area (Å²) >= 11 is 0. The molecule has 96 valence electrons. The SMILES string of the molecule is CCC(CC)NCc1ncc(C)c(OC)c1C. The molecule has 1 rings (SSSR count). The number of hydrogen-bond acceptors (Lipinski definition) is 3. The van der Waals surface area contributed by atoms with Crippen LogP contribution in [-0.4, -0.2) is 18.1 Å². The summed E-state index contributed by atoms with van der Waals surface area (Å²) in [7, 11) is 1.72. The van der Waals surface area contributed by atoms with Crippen LogP contribution in [0, 0.1) is 13.8 Å². The van der Waals surface area contributed by atoms with Crippen molar-refractivity contribution in [3.63, 3.8) is 0 Å². The fourth-order valence-electron chi connectivity index (χ4n) is 2.07.